The first-order valence-corrected chi connectivity index (χ1v) is 8.45. The van der Waals surface area contributed by atoms with Crippen LogP contribution < -0.4 is 5.32 Å². The molecule has 1 aromatic rings. The maximum atomic E-state index is 12.1. The van der Waals surface area contributed by atoms with Crippen LogP contribution in [0.5, 0.6) is 0 Å². The minimum atomic E-state index is -3.70. The number of anilines is 1. The zero-order chi connectivity index (χ0) is 14.9. The lowest BCUT2D eigenvalue weighted by Crippen LogP contribution is -2.22. The molecule has 0 saturated heterocycles. The number of fused-ring (bicyclic) bond motifs is 1. The number of amides is 1. The number of sulfone groups is 1. The minimum Gasteiger partial charge on any atom is -0.481 e. The van der Waals surface area contributed by atoms with Crippen molar-refractivity contribution in [1.82, 2.24) is 0 Å². The van der Waals surface area contributed by atoms with Gasteiger partial charge in [0.05, 0.1) is 28.0 Å². The van der Waals surface area contributed by atoms with Crippen molar-refractivity contribution in [1.29, 1.82) is 0 Å². The van der Waals surface area contributed by atoms with Crippen LogP contribution in [0.1, 0.15) is 6.92 Å². The summed E-state index contributed by atoms with van der Waals surface area (Å²) in [5, 5.41) is 11.4. The van der Waals surface area contributed by atoms with E-state index < -0.39 is 27.5 Å². The largest absolute Gasteiger partial charge is 0.481 e. The number of aliphatic carboxylic acids is 1. The van der Waals surface area contributed by atoms with Gasteiger partial charge in [0, 0.05) is 4.90 Å². The molecular weight excluding hydrogens is 302 g/mol. The molecule has 0 aromatic heterocycles. The van der Waals surface area contributed by atoms with Gasteiger partial charge in [0.1, 0.15) is 0 Å². The van der Waals surface area contributed by atoms with Gasteiger partial charge >= 0.3 is 5.97 Å². The molecule has 0 aliphatic carbocycles. The third kappa shape index (κ3) is 3.13. The molecule has 1 unspecified atom stereocenters. The molecule has 0 fully saturated rings. The summed E-state index contributed by atoms with van der Waals surface area (Å²) >= 11 is 1.33. The van der Waals surface area contributed by atoms with Gasteiger partial charge in [0.15, 0.2) is 9.84 Å². The fourth-order valence-electron chi connectivity index (χ4n) is 1.75. The van der Waals surface area contributed by atoms with Crippen molar-refractivity contribution in [3.63, 3.8) is 0 Å². The highest BCUT2D eigenvalue weighted by molar-refractivity contribution is 8.00. The molecule has 8 heteroatoms. The van der Waals surface area contributed by atoms with Crippen molar-refractivity contribution in [2.75, 3.05) is 16.8 Å². The highest BCUT2D eigenvalue weighted by atomic mass is 32.2. The lowest BCUT2D eigenvalue weighted by atomic mass is 10.2. The van der Waals surface area contributed by atoms with Crippen LogP contribution in [0.15, 0.2) is 28.0 Å². The van der Waals surface area contributed by atoms with Crippen LogP contribution >= 0.6 is 11.8 Å². The molecule has 1 aliphatic heterocycles. The maximum Gasteiger partial charge on any atom is 0.307 e. The lowest BCUT2D eigenvalue weighted by molar-refractivity contribution is -0.140. The lowest BCUT2D eigenvalue weighted by Gasteiger charge is -2.17. The molecule has 0 saturated carbocycles. The number of benzene rings is 1. The van der Waals surface area contributed by atoms with Gasteiger partial charge < -0.3 is 10.4 Å². The van der Waals surface area contributed by atoms with Crippen molar-refractivity contribution in [2.24, 2.45) is 5.92 Å². The first-order valence-electron chi connectivity index (χ1n) is 5.82. The van der Waals surface area contributed by atoms with Gasteiger partial charge in [-0.2, -0.15) is 0 Å². The average Bonchev–Trinajstić information content (AvgIpc) is 2.37. The van der Waals surface area contributed by atoms with E-state index in [0.717, 1.165) is 4.90 Å². The highest BCUT2D eigenvalue weighted by Gasteiger charge is 2.25. The Morgan fingerprint density at radius 2 is 2.20 bits per heavy atom. The maximum absolute atomic E-state index is 12.1. The first-order chi connectivity index (χ1) is 9.29. The van der Waals surface area contributed by atoms with E-state index in [1.807, 2.05) is 0 Å². The van der Waals surface area contributed by atoms with E-state index in [1.165, 1.54) is 30.8 Å². The molecule has 20 heavy (non-hydrogen) atoms. The Bertz CT molecular complexity index is 668. The van der Waals surface area contributed by atoms with Gasteiger partial charge in [-0.25, -0.2) is 8.42 Å². The van der Waals surface area contributed by atoms with Crippen LogP contribution in [-0.2, 0) is 19.4 Å². The molecule has 1 atom stereocenters. The van der Waals surface area contributed by atoms with E-state index in [0.29, 0.717) is 11.4 Å². The van der Waals surface area contributed by atoms with Gasteiger partial charge in [-0.15, -0.1) is 11.8 Å². The Hall–Kier alpha value is -1.54. The van der Waals surface area contributed by atoms with E-state index in [4.69, 9.17) is 5.11 Å². The van der Waals surface area contributed by atoms with Gasteiger partial charge in [0.2, 0.25) is 5.91 Å². The Kier molecular flexibility index (Phi) is 4.05. The van der Waals surface area contributed by atoms with Crippen LogP contribution in [0.3, 0.4) is 0 Å². The number of hydrogen-bond acceptors (Lipinski definition) is 5. The van der Waals surface area contributed by atoms with E-state index >= 15 is 0 Å². The van der Waals surface area contributed by atoms with Gasteiger partial charge in [0.25, 0.3) is 0 Å². The Labute approximate surface area is 120 Å². The SMILES string of the molecule is CC(CS(=O)(=O)c1ccc2c(c1)NC(=O)CS2)C(=O)O. The molecule has 2 rings (SSSR count). The minimum absolute atomic E-state index is 0.0205. The van der Waals surface area contributed by atoms with Crippen molar-refractivity contribution < 1.29 is 23.1 Å². The Balaban J connectivity index is 2.31. The summed E-state index contributed by atoms with van der Waals surface area (Å²) in [6.45, 7) is 1.34. The predicted molar refractivity (Wildman–Crippen MR) is 74.6 cm³/mol. The molecule has 1 amide bonds. The van der Waals surface area contributed by atoms with Crippen molar-refractivity contribution >= 4 is 39.2 Å². The van der Waals surface area contributed by atoms with E-state index in [1.54, 1.807) is 6.07 Å². The molecule has 0 bridgehead atoms. The second kappa shape index (κ2) is 5.45. The molecule has 0 radical (unpaired) electrons. The fourth-order valence-corrected chi connectivity index (χ4v) is 4.11. The molecule has 2 N–H and O–H groups in total. The standard InChI is InChI=1S/C12H13NO5S2/c1-7(12(15)16)6-20(17,18)8-2-3-10-9(4-8)13-11(14)5-19-10/h2-4,7H,5-6H2,1H3,(H,13,14)(H,15,16). The second-order valence-electron chi connectivity index (χ2n) is 4.52. The predicted octanol–water partition coefficient (Wildman–Crippen LogP) is 1.23. The summed E-state index contributed by atoms with van der Waals surface area (Å²) < 4.78 is 24.3. The van der Waals surface area contributed by atoms with Crippen LogP contribution in [0, 0.1) is 5.92 Å². The fraction of sp³-hybridized carbons (Fsp3) is 0.333. The van der Waals surface area contributed by atoms with Crippen molar-refractivity contribution in [3.05, 3.63) is 18.2 Å². The van der Waals surface area contributed by atoms with Gasteiger partial charge in [-0.05, 0) is 18.2 Å². The zero-order valence-corrected chi connectivity index (χ0v) is 12.3. The zero-order valence-electron chi connectivity index (χ0n) is 10.6. The number of hydrogen-bond donors (Lipinski definition) is 2. The summed E-state index contributed by atoms with van der Waals surface area (Å²) in [4.78, 5) is 22.9. The monoisotopic (exact) mass is 315 g/mol. The summed E-state index contributed by atoms with van der Waals surface area (Å²) in [6, 6.07) is 4.44. The molecule has 6 nitrogen and oxygen atoms in total. The van der Waals surface area contributed by atoms with Gasteiger partial charge in [-0.3, -0.25) is 9.59 Å². The normalized spacial score (nSPS) is 16.1. The summed E-state index contributed by atoms with van der Waals surface area (Å²) in [6.07, 6.45) is 0. The summed E-state index contributed by atoms with van der Waals surface area (Å²) in [5.74, 6) is -2.50. The van der Waals surface area contributed by atoms with E-state index in [2.05, 4.69) is 5.32 Å². The number of thioether (sulfide) groups is 1. The third-order valence-corrected chi connectivity index (χ3v) is 5.82. The van der Waals surface area contributed by atoms with Gasteiger partial charge in [-0.1, -0.05) is 6.92 Å². The van der Waals surface area contributed by atoms with Crippen LogP contribution in [0.25, 0.3) is 0 Å². The van der Waals surface area contributed by atoms with E-state index in [-0.39, 0.29) is 10.8 Å². The molecule has 1 aliphatic rings. The summed E-state index contributed by atoms with van der Waals surface area (Å²) in [5.41, 5.74) is 0.454. The molecule has 1 aromatic carbocycles. The molecule has 0 spiro atoms. The Morgan fingerprint density at radius 1 is 1.50 bits per heavy atom. The number of rotatable bonds is 4. The van der Waals surface area contributed by atoms with Crippen LogP contribution in [-0.4, -0.2) is 36.9 Å². The smallest absolute Gasteiger partial charge is 0.307 e. The Morgan fingerprint density at radius 3 is 2.85 bits per heavy atom. The van der Waals surface area contributed by atoms with Crippen molar-refractivity contribution in [3.8, 4) is 0 Å². The second-order valence-corrected chi connectivity index (χ2v) is 7.57. The van der Waals surface area contributed by atoms with E-state index in [9.17, 15) is 18.0 Å². The third-order valence-electron chi connectivity index (χ3n) is 2.83. The molecular formula is C12H13NO5S2. The molecule has 108 valence electrons. The van der Waals surface area contributed by atoms with Crippen LogP contribution in [0.4, 0.5) is 5.69 Å². The number of carbonyl (C=O) groups is 2. The highest BCUT2D eigenvalue weighted by Crippen LogP contribution is 2.33. The number of carboxylic acid groups (broad SMARTS) is 1. The average molecular weight is 315 g/mol. The summed E-state index contributed by atoms with van der Waals surface area (Å²) in [7, 11) is -3.70. The number of carboxylic acids is 1. The number of nitrogens with one attached hydrogen (secondary N) is 1. The van der Waals surface area contributed by atoms with Crippen molar-refractivity contribution in [2.45, 2.75) is 16.7 Å². The molecule has 1 heterocycles. The first kappa shape index (κ1) is 14.9. The topological polar surface area (TPSA) is 101 Å². The van der Waals surface area contributed by atoms with Crippen LogP contribution in [0.2, 0.25) is 0 Å². The number of carbonyl (C=O) groups excluding carboxylic acids is 1. The quantitative estimate of drug-likeness (QED) is 0.866.